The van der Waals surface area contributed by atoms with Crippen molar-refractivity contribution in [1.82, 2.24) is 4.98 Å². The van der Waals surface area contributed by atoms with Gasteiger partial charge < -0.3 is 4.74 Å². The second kappa shape index (κ2) is 5.63. The molecule has 100 valence electrons. The number of halogens is 2. The van der Waals surface area contributed by atoms with E-state index >= 15 is 0 Å². The lowest BCUT2D eigenvalue weighted by molar-refractivity contribution is -0.385. The topological polar surface area (TPSA) is 89.0 Å². The first kappa shape index (κ1) is 13.9. The minimum absolute atomic E-state index is 0.0137. The first-order valence-electron chi connectivity index (χ1n) is 5.18. The van der Waals surface area contributed by atoms with Crippen LogP contribution < -0.4 is 4.74 Å². The second-order valence-corrected chi connectivity index (χ2v) is 4.43. The summed E-state index contributed by atoms with van der Waals surface area (Å²) < 4.78 is 18.7. The molecular weight excluding hydrogens is 333 g/mol. The Morgan fingerprint density at radius 2 is 2.20 bits per heavy atom. The number of benzene rings is 1. The maximum atomic E-state index is 13.5. The number of hydrogen-bond donors (Lipinski definition) is 0. The maximum Gasteiger partial charge on any atom is 0.312 e. The highest BCUT2D eigenvalue weighted by atomic mass is 79.9. The van der Waals surface area contributed by atoms with Gasteiger partial charge in [0.05, 0.1) is 21.2 Å². The van der Waals surface area contributed by atoms with Crippen LogP contribution in [0.3, 0.4) is 0 Å². The molecule has 0 N–H and O–H groups in total. The summed E-state index contributed by atoms with van der Waals surface area (Å²) in [4.78, 5) is 14.0. The Hall–Kier alpha value is -2.53. The quantitative estimate of drug-likeness (QED) is 0.631. The highest BCUT2D eigenvalue weighted by Crippen LogP contribution is 2.36. The average Bonchev–Trinajstić information content (AvgIpc) is 2.43. The number of hydrogen-bond acceptors (Lipinski definition) is 5. The molecule has 0 spiro atoms. The molecule has 2 rings (SSSR count). The number of aromatic nitrogens is 1. The van der Waals surface area contributed by atoms with Crippen LogP contribution in [0.5, 0.6) is 11.5 Å². The van der Waals surface area contributed by atoms with Crippen molar-refractivity contribution in [3.63, 3.8) is 0 Å². The molecule has 1 aromatic carbocycles. The zero-order chi connectivity index (χ0) is 14.7. The average molecular weight is 338 g/mol. The molecule has 1 aromatic heterocycles. The van der Waals surface area contributed by atoms with Gasteiger partial charge >= 0.3 is 5.69 Å². The number of pyridine rings is 1. The Balaban J connectivity index is 2.51. The van der Waals surface area contributed by atoms with Gasteiger partial charge in [0.2, 0.25) is 5.75 Å². The minimum atomic E-state index is -0.715. The molecule has 0 aliphatic rings. The predicted molar refractivity (Wildman–Crippen MR) is 69.8 cm³/mol. The predicted octanol–water partition coefficient (Wildman–Crippen LogP) is 3.56. The van der Waals surface area contributed by atoms with Crippen molar-refractivity contribution in [3.05, 3.63) is 56.6 Å². The molecule has 6 nitrogen and oxygen atoms in total. The fourth-order valence-corrected chi connectivity index (χ4v) is 1.75. The van der Waals surface area contributed by atoms with Crippen molar-refractivity contribution >= 4 is 21.6 Å². The van der Waals surface area contributed by atoms with E-state index in [-0.39, 0.29) is 21.5 Å². The summed E-state index contributed by atoms with van der Waals surface area (Å²) in [6.07, 6.45) is 2.60. The zero-order valence-corrected chi connectivity index (χ0v) is 11.3. The van der Waals surface area contributed by atoms with E-state index in [9.17, 15) is 14.5 Å². The minimum Gasteiger partial charge on any atom is -0.447 e. The lowest BCUT2D eigenvalue weighted by atomic mass is 10.2. The van der Waals surface area contributed by atoms with Gasteiger partial charge in [0.1, 0.15) is 11.9 Å². The number of nitrogens with zero attached hydrogens (tertiary/aromatic N) is 3. The first-order valence-corrected chi connectivity index (χ1v) is 5.97. The fraction of sp³-hybridized carbons (Fsp3) is 0. The van der Waals surface area contributed by atoms with Crippen LogP contribution in [-0.2, 0) is 0 Å². The molecular formula is C12H5BrFN3O3. The van der Waals surface area contributed by atoms with E-state index in [1.54, 1.807) is 0 Å². The van der Waals surface area contributed by atoms with Crippen LogP contribution in [0.15, 0.2) is 35.1 Å². The SMILES string of the molecule is N#Cc1ccncc1Oc1cc(F)c(Br)cc1[N+](=O)[O-]. The first-order chi connectivity index (χ1) is 9.52. The summed E-state index contributed by atoms with van der Waals surface area (Å²) in [7, 11) is 0. The van der Waals surface area contributed by atoms with E-state index in [0.717, 1.165) is 12.1 Å². The van der Waals surface area contributed by atoms with Crippen molar-refractivity contribution in [2.75, 3.05) is 0 Å². The third kappa shape index (κ3) is 2.73. The molecule has 0 amide bonds. The zero-order valence-electron chi connectivity index (χ0n) is 9.71. The summed E-state index contributed by atoms with van der Waals surface area (Å²) in [5.74, 6) is -1.01. The van der Waals surface area contributed by atoms with Gasteiger partial charge in [-0.05, 0) is 22.0 Å². The lowest BCUT2D eigenvalue weighted by Gasteiger charge is -2.08. The molecule has 20 heavy (non-hydrogen) atoms. The van der Waals surface area contributed by atoms with E-state index in [4.69, 9.17) is 10.00 Å². The molecule has 0 bridgehead atoms. The third-order valence-corrected chi connectivity index (χ3v) is 2.93. The Morgan fingerprint density at radius 3 is 2.85 bits per heavy atom. The van der Waals surface area contributed by atoms with E-state index in [1.807, 2.05) is 6.07 Å². The van der Waals surface area contributed by atoms with Crippen molar-refractivity contribution < 1.29 is 14.1 Å². The van der Waals surface area contributed by atoms with Crippen molar-refractivity contribution in [2.24, 2.45) is 0 Å². The smallest absolute Gasteiger partial charge is 0.312 e. The highest BCUT2D eigenvalue weighted by Gasteiger charge is 2.20. The third-order valence-electron chi connectivity index (χ3n) is 2.32. The lowest BCUT2D eigenvalue weighted by Crippen LogP contribution is -1.96. The molecule has 0 saturated carbocycles. The van der Waals surface area contributed by atoms with Gasteiger partial charge in [0, 0.05) is 18.3 Å². The van der Waals surface area contributed by atoms with Crippen LogP contribution in [0, 0.1) is 27.3 Å². The number of ether oxygens (including phenoxy) is 1. The summed E-state index contributed by atoms with van der Waals surface area (Å²) >= 11 is 2.86. The van der Waals surface area contributed by atoms with E-state index in [2.05, 4.69) is 20.9 Å². The van der Waals surface area contributed by atoms with Gasteiger partial charge in [0.15, 0.2) is 5.75 Å². The van der Waals surface area contributed by atoms with Gasteiger partial charge in [0.25, 0.3) is 0 Å². The Bertz CT molecular complexity index is 730. The van der Waals surface area contributed by atoms with Gasteiger partial charge in [-0.25, -0.2) is 4.39 Å². The molecule has 0 unspecified atom stereocenters. The van der Waals surface area contributed by atoms with Gasteiger partial charge in [-0.2, -0.15) is 5.26 Å². The van der Waals surface area contributed by atoms with E-state index in [1.165, 1.54) is 18.5 Å². The van der Waals surface area contributed by atoms with E-state index in [0.29, 0.717) is 0 Å². The van der Waals surface area contributed by atoms with Gasteiger partial charge in [-0.15, -0.1) is 0 Å². The molecule has 0 aliphatic carbocycles. The Kier molecular flexibility index (Phi) is 3.91. The molecule has 0 aliphatic heterocycles. The normalized spacial score (nSPS) is 9.85. The monoisotopic (exact) mass is 337 g/mol. The molecule has 1 heterocycles. The summed E-state index contributed by atoms with van der Waals surface area (Å²) in [5.41, 5.74) is -0.288. The maximum absolute atomic E-state index is 13.5. The molecule has 0 atom stereocenters. The van der Waals surface area contributed by atoms with Crippen LogP contribution in [0.4, 0.5) is 10.1 Å². The molecule has 0 radical (unpaired) electrons. The van der Waals surface area contributed by atoms with Gasteiger partial charge in [-0.3, -0.25) is 15.1 Å². The van der Waals surface area contributed by atoms with Crippen molar-refractivity contribution in [1.29, 1.82) is 5.26 Å². The van der Waals surface area contributed by atoms with Crippen LogP contribution in [0.25, 0.3) is 0 Å². The molecule has 0 fully saturated rings. The van der Waals surface area contributed by atoms with Crippen LogP contribution >= 0.6 is 15.9 Å². The number of nitriles is 1. The molecule has 0 saturated heterocycles. The fourth-order valence-electron chi connectivity index (χ4n) is 1.41. The molecule has 8 heteroatoms. The highest BCUT2D eigenvalue weighted by molar-refractivity contribution is 9.10. The number of rotatable bonds is 3. The Labute approximate surface area is 120 Å². The summed E-state index contributed by atoms with van der Waals surface area (Å²) in [6.45, 7) is 0. The molecule has 2 aromatic rings. The van der Waals surface area contributed by atoms with Crippen LogP contribution in [-0.4, -0.2) is 9.91 Å². The van der Waals surface area contributed by atoms with Gasteiger partial charge in [-0.1, -0.05) is 0 Å². The number of nitro benzene ring substituents is 1. The standard InChI is InChI=1S/C12H5BrFN3O3/c13-8-3-10(17(18)19)11(4-9(8)14)20-12-6-16-2-1-7(12)5-15/h1-4,6H. The number of nitro groups is 1. The second-order valence-electron chi connectivity index (χ2n) is 3.58. The van der Waals surface area contributed by atoms with Crippen molar-refractivity contribution in [2.45, 2.75) is 0 Å². The van der Waals surface area contributed by atoms with Crippen LogP contribution in [0.1, 0.15) is 5.56 Å². The Morgan fingerprint density at radius 1 is 1.45 bits per heavy atom. The van der Waals surface area contributed by atoms with Crippen LogP contribution in [0.2, 0.25) is 0 Å². The van der Waals surface area contributed by atoms with Crippen molar-refractivity contribution in [3.8, 4) is 17.6 Å². The van der Waals surface area contributed by atoms with E-state index < -0.39 is 16.4 Å². The summed E-state index contributed by atoms with van der Waals surface area (Å²) in [6, 6.07) is 5.10. The largest absolute Gasteiger partial charge is 0.447 e. The summed E-state index contributed by atoms with van der Waals surface area (Å²) in [5, 5.41) is 19.8.